The zero-order valence-corrected chi connectivity index (χ0v) is 20.9. The zero-order chi connectivity index (χ0) is 23.6. The number of morpholine rings is 1. The Balaban J connectivity index is 1.58. The first-order chi connectivity index (χ1) is 15.0. The number of nitrogens with zero attached hydrogens (tertiary/aromatic N) is 2. The third-order valence-corrected chi connectivity index (χ3v) is 8.49. The second kappa shape index (κ2) is 9.97. The number of carbonyl (C=O) groups excluding carboxylic acids is 1. The number of carbonyl (C=O) groups is 1. The number of rotatable bonds is 5. The van der Waals surface area contributed by atoms with E-state index in [0.717, 1.165) is 23.5 Å². The summed E-state index contributed by atoms with van der Waals surface area (Å²) < 4.78 is 32.8. The van der Waals surface area contributed by atoms with Crippen LogP contribution in [0.4, 0.5) is 16.2 Å². The lowest BCUT2D eigenvalue weighted by atomic mass is 10.1. The van der Waals surface area contributed by atoms with Gasteiger partial charge in [0.15, 0.2) is 0 Å². The van der Waals surface area contributed by atoms with Crippen LogP contribution in [0.5, 0.6) is 0 Å². The fourth-order valence-electron chi connectivity index (χ4n) is 4.29. The Morgan fingerprint density at radius 2 is 1.81 bits per heavy atom. The maximum Gasteiger partial charge on any atom is 0.321 e. The maximum atomic E-state index is 12.8. The molecule has 3 atom stereocenters. The largest absolute Gasteiger partial charge is 0.372 e. The smallest absolute Gasteiger partial charge is 0.321 e. The minimum Gasteiger partial charge on any atom is -0.372 e. The molecule has 0 spiro atoms. The summed E-state index contributed by atoms with van der Waals surface area (Å²) in [6.07, 6.45) is 1.56. The van der Waals surface area contributed by atoms with Gasteiger partial charge in [0, 0.05) is 37.1 Å². The van der Waals surface area contributed by atoms with Crippen LogP contribution in [0.15, 0.2) is 18.2 Å². The van der Waals surface area contributed by atoms with Crippen LogP contribution in [0.3, 0.4) is 0 Å². The Labute approximate surface area is 192 Å². The molecule has 2 saturated heterocycles. The molecule has 8 nitrogen and oxygen atoms in total. The number of piperidine rings is 1. The van der Waals surface area contributed by atoms with Crippen molar-refractivity contribution >= 4 is 27.4 Å². The van der Waals surface area contributed by atoms with Crippen molar-refractivity contribution in [2.75, 3.05) is 29.9 Å². The van der Waals surface area contributed by atoms with E-state index < -0.39 is 15.3 Å². The van der Waals surface area contributed by atoms with E-state index in [2.05, 4.69) is 47.8 Å². The van der Waals surface area contributed by atoms with Crippen LogP contribution >= 0.6 is 0 Å². The van der Waals surface area contributed by atoms with Crippen molar-refractivity contribution in [2.45, 2.75) is 83.9 Å². The molecule has 180 valence electrons. The molecule has 2 fully saturated rings. The van der Waals surface area contributed by atoms with Crippen molar-refractivity contribution in [2.24, 2.45) is 0 Å². The lowest BCUT2D eigenvalue weighted by molar-refractivity contribution is -0.0257. The number of anilines is 2. The highest BCUT2D eigenvalue weighted by Gasteiger charge is 2.30. The number of sulfonamides is 1. The van der Waals surface area contributed by atoms with Crippen molar-refractivity contribution in [3.63, 3.8) is 0 Å². The van der Waals surface area contributed by atoms with Crippen molar-refractivity contribution in [1.82, 2.24) is 9.62 Å². The van der Waals surface area contributed by atoms with Crippen LogP contribution in [0.1, 0.15) is 53.0 Å². The number of benzene rings is 1. The van der Waals surface area contributed by atoms with Crippen molar-refractivity contribution in [3.8, 4) is 0 Å². The molecule has 1 aromatic carbocycles. The SMILES string of the molecule is Cc1cc(N2C[C@H](C)O[C@H](C)C2C)ccc1NC(=O)N1CCC(NS(=O)(=O)C(C)C)CC1. The fourth-order valence-corrected chi connectivity index (χ4v) is 5.26. The van der Waals surface area contributed by atoms with Crippen molar-refractivity contribution < 1.29 is 17.9 Å². The number of amides is 2. The van der Waals surface area contributed by atoms with Gasteiger partial charge in [0.05, 0.1) is 23.5 Å². The number of ether oxygens (including phenoxy) is 1. The van der Waals surface area contributed by atoms with E-state index in [1.807, 2.05) is 13.0 Å². The minimum atomic E-state index is -3.30. The molecule has 9 heteroatoms. The van der Waals surface area contributed by atoms with Crippen molar-refractivity contribution in [3.05, 3.63) is 23.8 Å². The summed E-state index contributed by atoms with van der Waals surface area (Å²) in [5, 5.41) is 2.57. The van der Waals surface area contributed by atoms with Gasteiger partial charge in [-0.3, -0.25) is 0 Å². The second-order valence-electron chi connectivity index (χ2n) is 9.45. The molecule has 2 aliphatic rings. The van der Waals surface area contributed by atoms with E-state index in [-0.39, 0.29) is 30.3 Å². The summed E-state index contributed by atoms with van der Waals surface area (Å²) in [7, 11) is -3.30. The van der Waals surface area contributed by atoms with E-state index in [1.165, 1.54) is 0 Å². The topological polar surface area (TPSA) is 91.0 Å². The van der Waals surface area contributed by atoms with Gasteiger partial charge in [-0.1, -0.05) is 0 Å². The second-order valence-corrected chi connectivity index (χ2v) is 11.7. The summed E-state index contributed by atoms with van der Waals surface area (Å²) in [5.41, 5.74) is 2.94. The molecular formula is C23H38N4O4S. The molecular weight excluding hydrogens is 428 g/mol. The predicted octanol–water partition coefficient (Wildman–Crippen LogP) is 3.32. The summed E-state index contributed by atoms with van der Waals surface area (Å²) in [5.74, 6) is 0. The predicted molar refractivity (Wildman–Crippen MR) is 129 cm³/mol. The molecule has 3 rings (SSSR count). The number of urea groups is 1. The van der Waals surface area contributed by atoms with Crippen molar-refractivity contribution in [1.29, 1.82) is 0 Å². The first kappa shape index (κ1) is 24.8. The van der Waals surface area contributed by atoms with E-state index >= 15 is 0 Å². The molecule has 0 bridgehead atoms. The van der Waals surface area contributed by atoms with E-state index in [9.17, 15) is 13.2 Å². The number of nitrogens with one attached hydrogen (secondary N) is 2. The number of hydrogen-bond acceptors (Lipinski definition) is 5. The maximum absolute atomic E-state index is 12.8. The molecule has 1 aromatic rings. The highest BCUT2D eigenvalue weighted by Crippen LogP contribution is 2.29. The third kappa shape index (κ3) is 5.74. The third-order valence-electron chi connectivity index (χ3n) is 6.59. The van der Waals surface area contributed by atoms with E-state index in [0.29, 0.717) is 25.9 Å². The average molecular weight is 467 g/mol. The number of hydrogen-bond donors (Lipinski definition) is 2. The standard InChI is InChI=1S/C23H38N4O4S/c1-15(2)32(29,30)25-20-9-11-26(12-10-20)23(28)24-22-8-7-21(13-16(22)3)27-14-17(4)31-19(6)18(27)5/h7-8,13,15,17-20,25H,9-12,14H2,1-6H3,(H,24,28)/t17-,18?,19+/m0/s1. The molecule has 1 unspecified atom stereocenters. The molecule has 2 heterocycles. The highest BCUT2D eigenvalue weighted by molar-refractivity contribution is 7.90. The Morgan fingerprint density at radius 3 is 2.41 bits per heavy atom. The van der Waals surface area contributed by atoms with Gasteiger partial charge < -0.3 is 19.9 Å². The molecule has 0 aromatic heterocycles. The van der Waals surface area contributed by atoms with Gasteiger partial charge in [0.25, 0.3) is 0 Å². The van der Waals surface area contributed by atoms with Crippen LogP contribution in [0, 0.1) is 6.92 Å². The lowest BCUT2D eigenvalue weighted by Gasteiger charge is -2.42. The van der Waals surface area contributed by atoms with Gasteiger partial charge in [0.2, 0.25) is 10.0 Å². The van der Waals surface area contributed by atoms with Gasteiger partial charge in [-0.25, -0.2) is 17.9 Å². The molecule has 2 amide bonds. The highest BCUT2D eigenvalue weighted by atomic mass is 32.2. The first-order valence-electron chi connectivity index (χ1n) is 11.6. The summed E-state index contributed by atoms with van der Waals surface area (Å²) in [6, 6.07) is 6.14. The van der Waals surface area contributed by atoms with E-state index in [1.54, 1.807) is 18.7 Å². The molecule has 0 aliphatic carbocycles. The van der Waals surface area contributed by atoms with Gasteiger partial charge in [0.1, 0.15) is 0 Å². The molecule has 2 aliphatic heterocycles. The minimum absolute atomic E-state index is 0.118. The number of likely N-dealkylation sites (tertiary alicyclic amines) is 1. The lowest BCUT2D eigenvalue weighted by Crippen LogP contribution is -2.52. The van der Waals surface area contributed by atoms with E-state index in [4.69, 9.17) is 4.74 Å². The molecule has 0 radical (unpaired) electrons. The quantitative estimate of drug-likeness (QED) is 0.695. The Hall–Kier alpha value is -1.84. The summed E-state index contributed by atoms with van der Waals surface area (Å²) in [4.78, 5) is 16.9. The Morgan fingerprint density at radius 1 is 1.16 bits per heavy atom. The Kier molecular flexibility index (Phi) is 7.73. The van der Waals surface area contributed by atoms with Gasteiger partial charge >= 0.3 is 6.03 Å². The molecule has 2 N–H and O–H groups in total. The average Bonchev–Trinajstić information content (AvgIpc) is 2.72. The molecule has 32 heavy (non-hydrogen) atoms. The van der Waals surface area contributed by atoms with Gasteiger partial charge in [-0.2, -0.15) is 0 Å². The van der Waals surface area contributed by atoms with Crippen LogP contribution in [0.25, 0.3) is 0 Å². The first-order valence-corrected chi connectivity index (χ1v) is 13.1. The monoisotopic (exact) mass is 466 g/mol. The summed E-state index contributed by atoms with van der Waals surface area (Å²) in [6.45, 7) is 13.6. The van der Waals surface area contributed by atoms with Crippen LogP contribution in [-0.2, 0) is 14.8 Å². The normalized spacial score (nSPS) is 25.3. The Bertz CT molecular complexity index is 913. The summed E-state index contributed by atoms with van der Waals surface area (Å²) >= 11 is 0. The van der Waals surface area contributed by atoms with Crippen LogP contribution in [-0.4, -0.2) is 68.5 Å². The molecule has 0 saturated carbocycles. The van der Waals surface area contributed by atoms with Gasteiger partial charge in [-0.15, -0.1) is 0 Å². The van der Waals surface area contributed by atoms with Crippen LogP contribution in [0.2, 0.25) is 0 Å². The van der Waals surface area contributed by atoms with Crippen LogP contribution < -0.4 is 14.9 Å². The fraction of sp³-hybridized carbons (Fsp3) is 0.696. The number of aryl methyl sites for hydroxylation is 1. The zero-order valence-electron chi connectivity index (χ0n) is 20.1. The van der Waals surface area contributed by atoms with Gasteiger partial charge in [-0.05, 0) is 78.1 Å².